The van der Waals surface area contributed by atoms with Gasteiger partial charge in [-0.25, -0.2) is 0 Å². The third kappa shape index (κ3) is 4.30. The first-order valence-electron chi connectivity index (χ1n) is 7.12. The van der Waals surface area contributed by atoms with Crippen LogP contribution in [0.1, 0.15) is 64.7 Å². The fraction of sp³-hybridized carbons (Fsp3) is 0.929. The van der Waals surface area contributed by atoms with Gasteiger partial charge in [0.15, 0.2) is 0 Å². The molecular formula is C14H27NO2. The average Bonchev–Trinajstić information content (AvgIpc) is 2.83. The van der Waals surface area contributed by atoms with Gasteiger partial charge in [0.25, 0.3) is 0 Å². The van der Waals surface area contributed by atoms with Gasteiger partial charge in [0.2, 0.25) is 0 Å². The minimum atomic E-state index is -0.344. The van der Waals surface area contributed by atoms with Crippen LogP contribution < -0.4 is 5.73 Å². The molecule has 0 aromatic carbocycles. The molecule has 2 N–H and O–H groups in total. The Balaban J connectivity index is 2.15. The fourth-order valence-corrected chi connectivity index (χ4v) is 2.57. The van der Waals surface area contributed by atoms with E-state index in [1.54, 1.807) is 0 Å². The molecule has 1 rings (SSSR count). The minimum absolute atomic E-state index is 0.0482. The summed E-state index contributed by atoms with van der Waals surface area (Å²) >= 11 is 0. The van der Waals surface area contributed by atoms with E-state index in [9.17, 15) is 4.79 Å². The SMILES string of the molecule is CCCCCCCOC(=O)C1(CN)CCCC1. The first kappa shape index (κ1) is 14.5. The van der Waals surface area contributed by atoms with E-state index in [1.807, 2.05) is 0 Å². The molecule has 0 aromatic rings. The van der Waals surface area contributed by atoms with Crippen LogP contribution >= 0.6 is 0 Å². The first-order chi connectivity index (χ1) is 8.25. The van der Waals surface area contributed by atoms with Gasteiger partial charge in [-0.15, -0.1) is 0 Å². The molecule has 0 heterocycles. The predicted octanol–water partition coefficient (Wildman–Crippen LogP) is 3.02. The highest BCUT2D eigenvalue weighted by atomic mass is 16.5. The van der Waals surface area contributed by atoms with Crippen LogP contribution in [0.2, 0.25) is 0 Å². The number of unbranched alkanes of at least 4 members (excludes halogenated alkanes) is 4. The molecule has 0 saturated heterocycles. The molecule has 0 aromatic heterocycles. The Morgan fingerprint density at radius 2 is 1.82 bits per heavy atom. The van der Waals surface area contributed by atoms with Crippen LogP contribution in [0.15, 0.2) is 0 Å². The molecule has 3 heteroatoms. The highest BCUT2D eigenvalue weighted by Crippen LogP contribution is 2.38. The maximum atomic E-state index is 12.0. The Kier molecular flexibility index (Phi) is 6.56. The van der Waals surface area contributed by atoms with Crippen LogP contribution in [0.3, 0.4) is 0 Å². The van der Waals surface area contributed by atoms with Gasteiger partial charge in [-0.2, -0.15) is 0 Å². The highest BCUT2D eigenvalue weighted by Gasteiger charge is 2.41. The van der Waals surface area contributed by atoms with Crippen molar-refractivity contribution in [2.24, 2.45) is 11.1 Å². The maximum Gasteiger partial charge on any atom is 0.313 e. The number of carbonyl (C=O) groups excluding carboxylic acids is 1. The Labute approximate surface area is 105 Å². The largest absolute Gasteiger partial charge is 0.465 e. The number of nitrogens with two attached hydrogens (primary N) is 1. The summed E-state index contributed by atoms with van der Waals surface area (Å²) in [5, 5.41) is 0. The van der Waals surface area contributed by atoms with E-state index < -0.39 is 0 Å². The van der Waals surface area contributed by atoms with Crippen molar-refractivity contribution in [2.75, 3.05) is 13.2 Å². The van der Waals surface area contributed by atoms with Gasteiger partial charge in [-0.1, -0.05) is 45.4 Å². The van der Waals surface area contributed by atoms with Crippen LogP contribution in [0.25, 0.3) is 0 Å². The number of ether oxygens (including phenoxy) is 1. The molecule has 1 aliphatic carbocycles. The molecule has 0 spiro atoms. The van der Waals surface area contributed by atoms with Gasteiger partial charge in [0, 0.05) is 6.54 Å². The smallest absolute Gasteiger partial charge is 0.313 e. The normalized spacial score (nSPS) is 18.2. The lowest BCUT2D eigenvalue weighted by molar-refractivity contribution is -0.155. The van der Waals surface area contributed by atoms with Gasteiger partial charge in [0.1, 0.15) is 0 Å². The molecule has 3 nitrogen and oxygen atoms in total. The molecule has 0 atom stereocenters. The third-order valence-electron chi connectivity index (χ3n) is 3.87. The first-order valence-corrected chi connectivity index (χ1v) is 7.12. The molecule has 1 aliphatic rings. The maximum absolute atomic E-state index is 12.0. The van der Waals surface area contributed by atoms with Crippen LogP contribution in [0, 0.1) is 5.41 Å². The highest BCUT2D eigenvalue weighted by molar-refractivity contribution is 5.77. The van der Waals surface area contributed by atoms with Crippen molar-refractivity contribution >= 4 is 5.97 Å². The Bertz CT molecular complexity index is 222. The zero-order chi connectivity index (χ0) is 12.6. The van der Waals surface area contributed by atoms with Crippen LogP contribution in [-0.4, -0.2) is 19.1 Å². The van der Waals surface area contributed by atoms with Crippen molar-refractivity contribution in [1.82, 2.24) is 0 Å². The minimum Gasteiger partial charge on any atom is -0.465 e. The second kappa shape index (κ2) is 7.70. The lowest BCUT2D eigenvalue weighted by Gasteiger charge is -2.24. The summed E-state index contributed by atoms with van der Waals surface area (Å²) in [4.78, 5) is 12.0. The van der Waals surface area contributed by atoms with Crippen molar-refractivity contribution in [1.29, 1.82) is 0 Å². The second-order valence-electron chi connectivity index (χ2n) is 5.24. The van der Waals surface area contributed by atoms with Crippen LogP contribution in [0.5, 0.6) is 0 Å². The van der Waals surface area contributed by atoms with Crippen LogP contribution in [0.4, 0.5) is 0 Å². The molecule has 17 heavy (non-hydrogen) atoms. The van der Waals surface area contributed by atoms with E-state index in [4.69, 9.17) is 10.5 Å². The summed E-state index contributed by atoms with van der Waals surface area (Å²) in [5.41, 5.74) is 5.39. The molecule has 0 amide bonds. The van der Waals surface area contributed by atoms with E-state index in [0.29, 0.717) is 13.2 Å². The van der Waals surface area contributed by atoms with Crippen molar-refractivity contribution < 1.29 is 9.53 Å². The van der Waals surface area contributed by atoms with Gasteiger partial charge in [-0.3, -0.25) is 4.79 Å². The van der Waals surface area contributed by atoms with Crippen molar-refractivity contribution in [3.63, 3.8) is 0 Å². The number of esters is 1. The Morgan fingerprint density at radius 1 is 1.18 bits per heavy atom. The number of rotatable bonds is 8. The molecule has 0 bridgehead atoms. The van der Waals surface area contributed by atoms with Gasteiger partial charge in [0.05, 0.1) is 12.0 Å². The average molecular weight is 241 g/mol. The van der Waals surface area contributed by atoms with Crippen LogP contribution in [-0.2, 0) is 9.53 Å². The fourth-order valence-electron chi connectivity index (χ4n) is 2.57. The molecular weight excluding hydrogens is 214 g/mol. The van der Waals surface area contributed by atoms with E-state index in [1.165, 1.54) is 19.3 Å². The summed E-state index contributed by atoms with van der Waals surface area (Å²) in [6.07, 6.45) is 9.98. The molecule has 1 saturated carbocycles. The van der Waals surface area contributed by atoms with E-state index in [2.05, 4.69) is 6.92 Å². The topological polar surface area (TPSA) is 52.3 Å². The zero-order valence-corrected chi connectivity index (χ0v) is 11.2. The van der Waals surface area contributed by atoms with Crippen molar-refractivity contribution in [2.45, 2.75) is 64.7 Å². The quantitative estimate of drug-likeness (QED) is 0.525. The van der Waals surface area contributed by atoms with Gasteiger partial charge < -0.3 is 10.5 Å². The third-order valence-corrected chi connectivity index (χ3v) is 3.87. The lowest BCUT2D eigenvalue weighted by atomic mass is 9.86. The molecule has 1 fully saturated rings. The van der Waals surface area contributed by atoms with E-state index in [0.717, 1.165) is 38.5 Å². The summed E-state index contributed by atoms with van der Waals surface area (Å²) in [5.74, 6) is -0.0482. The molecule has 100 valence electrons. The lowest BCUT2D eigenvalue weighted by Crippen LogP contribution is -2.37. The molecule has 0 unspecified atom stereocenters. The monoisotopic (exact) mass is 241 g/mol. The number of carbonyl (C=O) groups is 1. The standard InChI is InChI=1S/C14H27NO2/c1-2-3-4-5-8-11-17-13(16)14(12-15)9-6-7-10-14/h2-12,15H2,1H3. The number of hydrogen-bond acceptors (Lipinski definition) is 3. The van der Waals surface area contributed by atoms with Gasteiger partial charge in [-0.05, 0) is 19.3 Å². The molecule has 0 radical (unpaired) electrons. The summed E-state index contributed by atoms with van der Waals surface area (Å²) in [6, 6.07) is 0. The number of hydrogen-bond donors (Lipinski definition) is 1. The molecule has 0 aliphatic heterocycles. The van der Waals surface area contributed by atoms with Gasteiger partial charge >= 0.3 is 5.97 Å². The van der Waals surface area contributed by atoms with Crippen molar-refractivity contribution in [3.05, 3.63) is 0 Å². The summed E-state index contributed by atoms with van der Waals surface area (Å²) < 4.78 is 5.38. The Hall–Kier alpha value is -0.570. The Morgan fingerprint density at radius 3 is 2.41 bits per heavy atom. The predicted molar refractivity (Wildman–Crippen MR) is 69.7 cm³/mol. The summed E-state index contributed by atoms with van der Waals surface area (Å²) in [7, 11) is 0. The van der Waals surface area contributed by atoms with Crippen molar-refractivity contribution in [3.8, 4) is 0 Å². The van der Waals surface area contributed by atoms with E-state index >= 15 is 0 Å². The zero-order valence-electron chi connectivity index (χ0n) is 11.2. The second-order valence-corrected chi connectivity index (χ2v) is 5.24. The van der Waals surface area contributed by atoms with E-state index in [-0.39, 0.29) is 11.4 Å². The summed E-state index contributed by atoms with van der Waals surface area (Å²) in [6.45, 7) is 3.22.